The lowest BCUT2D eigenvalue weighted by Gasteiger charge is -2.48. The number of hydrogen-bond acceptors (Lipinski definition) is 5. The van der Waals surface area contributed by atoms with Gasteiger partial charge in [0.15, 0.2) is 5.78 Å². The van der Waals surface area contributed by atoms with E-state index >= 15 is 0 Å². The number of halogens is 1. The number of hydrogen-bond donors (Lipinski definition) is 0. The molecule has 0 saturated carbocycles. The van der Waals surface area contributed by atoms with Gasteiger partial charge >= 0.3 is 6.09 Å². The minimum Gasteiger partial charge on any atom is -0.444 e. The van der Waals surface area contributed by atoms with Gasteiger partial charge in [-0.2, -0.15) is 0 Å². The van der Waals surface area contributed by atoms with E-state index in [1.54, 1.807) is 18.1 Å². The van der Waals surface area contributed by atoms with Gasteiger partial charge in [-0.05, 0) is 32.9 Å². The molecule has 1 fully saturated rings. The number of ether oxygens (including phenoxy) is 2. The predicted molar refractivity (Wildman–Crippen MR) is 88.9 cm³/mol. The molecule has 0 aromatic carbocycles. The van der Waals surface area contributed by atoms with Gasteiger partial charge in [-0.25, -0.2) is 4.79 Å². The van der Waals surface area contributed by atoms with Crippen molar-refractivity contribution in [1.82, 2.24) is 4.90 Å². The highest BCUT2D eigenvalue weighted by Gasteiger charge is 2.49. The first-order valence-electron chi connectivity index (χ1n) is 6.93. The molecule has 1 saturated heterocycles. The Labute approximate surface area is 142 Å². The molecule has 0 aliphatic carbocycles. The fourth-order valence-corrected chi connectivity index (χ4v) is 3.79. The Balaban J connectivity index is 2.06. The molecule has 2 heterocycles. The molecule has 1 aliphatic rings. The van der Waals surface area contributed by atoms with Crippen LogP contribution in [0.25, 0.3) is 0 Å². The van der Waals surface area contributed by atoms with Crippen molar-refractivity contribution < 1.29 is 19.1 Å². The van der Waals surface area contributed by atoms with Crippen molar-refractivity contribution in [1.29, 1.82) is 0 Å². The molecule has 1 aromatic heterocycles. The van der Waals surface area contributed by atoms with Crippen LogP contribution in [0.2, 0.25) is 0 Å². The molecule has 2 rings (SSSR count). The summed E-state index contributed by atoms with van der Waals surface area (Å²) in [6.45, 7) is 6.38. The Hall–Kier alpha value is -0.920. The minimum absolute atomic E-state index is 0.0471. The molecule has 0 N–H and O–H groups in total. The van der Waals surface area contributed by atoms with Crippen LogP contribution >= 0.6 is 27.3 Å². The molecule has 0 atom stereocenters. The summed E-state index contributed by atoms with van der Waals surface area (Å²) in [4.78, 5) is 27.0. The normalized spacial score (nSPS) is 17.0. The number of rotatable bonds is 4. The third-order valence-corrected chi connectivity index (χ3v) is 5.21. The number of Topliss-reactive ketones (excluding diaryl/α,β-unsaturated/α-hetero) is 1. The molecule has 0 radical (unpaired) electrons. The van der Waals surface area contributed by atoms with Crippen molar-refractivity contribution in [3.63, 3.8) is 0 Å². The van der Waals surface area contributed by atoms with E-state index in [-0.39, 0.29) is 11.9 Å². The van der Waals surface area contributed by atoms with Crippen molar-refractivity contribution in [2.75, 3.05) is 25.5 Å². The fraction of sp³-hybridized carbons (Fsp3) is 0.600. The largest absolute Gasteiger partial charge is 0.444 e. The molecular formula is C15H20BrNO4S. The lowest BCUT2D eigenvalue weighted by atomic mass is 9.92. The number of carbonyl (C=O) groups is 2. The number of amides is 1. The number of nitrogens with zero attached hydrogens (tertiary/aromatic N) is 1. The summed E-state index contributed by atoms with van der Waals surface area (Å²) >= 11 is 4.59. The quantitative estimate of drug-likeness (QED) is 0.584. The fourth-order valence-electron chi connectivity index (χ4n) is 2.21. The SMILES string of the molecule is COC1(c2ccc(C(=O)CBr)s2)CN(C(=O)OC(C)(C)C)C1. The average Bonchev–Trinajstić information content (AvgIpc) is 2.85. The Morgan fingerprint density at radius 1 is 1.36 bits per heavy atom. The van der Waals surface area contributed by atoms with E-state index in [0.29, 0.717) is 23.3 Å². The lowest BCUT2D eigenvalue weighted by molar-refractivity contribution is -0.124. The summed E-state index contributed by atoms with van der Waals surface area (Å²) in [6.07, 6.45) is -0.339. The first-order chi connectivity index (χ1) is 10.2. The van der Waals surface area contributed by atoms with Crippen LogP contribution in [0.1, 0.15) is 35.3 Å². The molecule has 0 bridgehead atoms. The zero-order chi connectivity index (χ0) is 16.5. The van der Waals surface area contributed by atoms with E-state index in [1.807, 2.05) is 26.8 Å². The number of likely N-dealkylation sites (tertiary alicyclic amines) is 1. The summed E-state index contributed by atoms with van der Waals surface area (Å²) in [5.41, 5.74) is -1.05. The predicted octanol–water partition coefficient (Wildman–Crippen LogP) is 3.42. The monoisotopic (exact) mass is 389 g/mol. The Morgan fingerprint density at radius 3 is 2.50 bits per heavy atom. The van der Waals surface area contributed by atoms with Crippen molar-refractivity contribution in [3.8, 4) is 0 Å². The molecule has 1 aliphatic heterocycles. The van der Waals surface area contributed by atoms with Crippen LogP contribution < -0.4 is 0 Å². The first kappa shape index (κ1) is 17.4. The third-order valence-electron chi connectivity index (χ3n) is 3.39. The van der Waals surface area contributed by atoms with Crippen molar-refractivity contribution in [2.45, 2.75) is 32.0 Å². The average molecular weight is 390 g/mol. The maximum atomic E-state index is 12.0. The van der Waals surface area contributed by atoms with Crippen LogP contribution in [-0.2, 0) is 15.1 Å². The van der Waals surface area contributed by atoms with Gasteiger partial charge in [-0.3, -0.25) is 4.79 Å². The number of carbonyl (C=O) groups excluding carboxylic acids is 2. The van der Waals surface area contributed by atoms with Gasteiger partial charge in [0.2, 0.25) is 0 Å². The van der Waals surface area contributed by atoms with Gasteiger partial charge in [0.1, 0.15) is 11.2 Å². The smallest absolute Gasteiger partial charge is 0.410 e. The number of ketones is 1. The molecule has 0 spiro atoms. The van der Waals surface area contributed by atoms with E-state index in [2.05, 4.69) is 15.9 Å². The Kier molecular flexibility index (Phi) is 4.99. The number of thiophene rings is 1. The second-order valence-electron chi connectivity index (χ2n) is 6.26. The van der Waals surface area contributed by atoms with Crippen LogP contribution in [0, 0.1) is 0 Å². The van der Waals surface area contributed by atoms with Crippen LogP contribution in [0.15, 0.2) is 12.1 Å². The highest BCUT2D eigenvalue weighted by molar-refractivity contribution is 9.09. The topological polar surface area (TPSA) is 55.8 Å². The van der Waals surface area contributed by atoms with Gasteiger partial charge in [-0.15, -0.1) is 11.3 Å². The highest BCUT2D eigenvalue weighted by atomic mass is 79.9. The molecule has 22 heavy (non-hydrogen) atoms. The summed E-state index contributed by atoms with van der Waals surface area (Å²) < 4.78 is 11.0. The van der Waals surface area contributed by atoms with Crippen LogP contribution in [0.4, 0.5) is 4.79 Å². The summed E-state index contributed by atoms with van der Waals surface area (Å²) in [5.74, 6) is 0.0471. The van der Waals surface area contributed by atoms with Crippen LogP contribution in [-0.4, -0.2) is 47.9 Å². The van der Waals surface area contributed by atoms with E-state index in [0.717, 1.165) is 4.88 Å². The molecular weight excluding hydrogens is 370 g/mol. The minimum atomic E-state index is -0.535. The highest BCUT2D eigenvalue weighted by Crippen LogP contribution is 2.39. The Morgan fingerprint density at radius 2 is 2.00 bits per heavy atom. The van der Waals surface area contributed by atoms with Crippen molar-refractivity contribution >= 4 is 39.1 Å². The molecule has 122 valence electrons. The first-order valence-corrected chi connectivity index (χ1v) is 8.87. The maximum absolute atomic E-state index is 12.0. The van der Waals surface area contributed by atoms with Gasteiger partial charge in [0.05, 0.1) is 23.3 Å². The molecule has 0 unspecified atom stereocenters. The lowest BCUT2D eigenvalue weighted by Crippen LogP contribution is -2.62. The van der Waals surface area contributed by atoms with Crippen LogP contribution in [0.3, 0.4) is 0 Å². The van der Waals surface area contributed by atoms with Crippen LogP contribution in [0.5, 0.6) is 0 Å². The summed E-state index contributed by atoms with van der Waals surface area (Å²) in [6, 6.07) is 3.71. The number of alkyl halides is 1. The second-order valence-corrected chi connectivity index (χ2v) is 7.90. The van der Waals surface area contributed by atoms with E-state index in [1.165, 1.54) is 11.3 Å². The standard InChI is InChI=1S/C15H20BrNO4S/c1-14(2,3)21-13(19)17-8-15(9-17,20-4)12-6-5-11(22-12)10(18)7-16/h5-6H,7-9H2,1-4H3. The third kappa shape index (κ3) is 3.52. The molecule has 1 aromatic rings. The zero-order valence-electron chi connectivity index (χ0n) is 13.1. The molecule has 7 heteroatoms. The van der Waals surface area contributed by atoms with Gasteiger partial charge in [-0.1, -0.05) is 15.9 Å². The Bertz CT molecular complexity index is 572. The maximum Gasteiger partial charge on any atom is 0.410 e. The van der Waals surface area contributed by atoms with E-state index < -0.39 is 11.2 Å². The van der Waals surface area contributed by atoms with Gasteiger partial charge in [0, 0.05) is 12.0 Å². The van der Waals surface area contributed by atoms with E-state index in [9.17, 15) is 9.59 Å². The molecule has 1 amide bonds. The van der Waals surface area contributed by atoms with Gasteiger partial charge in [0.25, 0.3) is 0 Å². The van der Waals surface area contributed by atoms with Crippen molar-refractivity contribution in [3.05, 3.63) is 21.9 Å². The summed E-state index contributed by atoms with van der Waals surface area (Å²) in [7, 11) is 1.62. The summed E-state index contributed by atoms with van der Waals surface area (Å²) in [5, 5.41) is 0.303. The molecule has 5 nitrogen and oxygen atoms in total. The second kappa shape index (κ2) is 6.29. The van der Waals surface area contributed by atoms with Crippen molar-refractivity contribution in [2.24, 2.45) is 0 Å². The van der Waals surface area contributed by atoms with Gasteiger partial charge < -0.3 is 14.4 Å². The zero-order valence-corrected chi connectivity index (χ0v) is 15.5. The van der Waals surface area contributed by atoms with E-state index in [4.69, 9.17) is 9.47 Å². The number of methoxy groups -OCH3 is 1.